The Kier molecular flexibility index (Phi) is 8.47. The van der Waals surface area contributed by atoms with Gasteiger partial charge in [-0.3, -0.25) is 0 Å². The molecule has 1 aromatic heterocycles. The molecule has 1 heterocycles. The summed E-state index contributed by atoms with van der Waals surface area (Å²) in [6, 6.07) is 90.9. The zero-order valence-electron chi connectivity index (χ0n) is 35.5. The number of hydrogen-bond acceptors (Lipinski definition) is 2. The first-order chi connectivity index (χ1) is 32.2. The Balaban J connectivity index is 1.02. The van der Waals surface area contributed by atoms with Gasteiger partial charge in [-0.05, 0) is 126 Å². The van der Waals surface area contributed by atoms with E-state index in [9.17, 15) is 0 Å². The van der Waals surface area contributed by atoms with Crippen molar-refractivity contribution >= 4 is 60.5 Å². The van der Waals surface area contributed by atoms with Gasteiger partial charge in [-0.2, -0.15) is 0 Å². The fourth-order valence-electron chi connectivity index (χ4n) is 10.8. The summed E-state index contributed by atoms with van der Waals surface area (Å²) < 4.78 is 6.67. The molecular weight excluding hydrogens is 787 g/mol. The molecule has 1 aliphatic rings. The van der Waals surface area contributed by atoms with E-state index in [1.807, 2.05) is 0 Å². The Labute approximate surface area is 377 Å². The van der Waals surface area contributed by atoms with Crippen LogP contribution in [0.25, 0.3) is 76.9 Å². The molecule has 0 fully saturated rings. The zero-order chi connectivity index (χ0) is 42.9. The molecule has 0 aliphatic heterocycles. The van der Waals surface area contributed by atoms with Gasteiger partial charge in [0.1, 0.15) is 11.2 Å². The number of fused-ring (bicyclic) bond motifs is 9. The molecule has 2 nitrogen and oxygen atoms in total. The van der Waals surface area contributed by atoms with E-state index in [1.54, 1.807) is 0 Å². The average Bonchev–Trinajstić information content (AvgIpc) is 3.91. The molecule has 11 aromatic carbocycles. The van der Waals surface area contributed by atoms with E-state index in [0.29, 0.717) is 0 Å². The Bertz CT molecular complexity index is 3730. The molecular formula is C63H41NO. The fraction of sp³-hybridized carbons (Fsp3) is 0.0159. The summed E-state index contributed by atoms with van der Waals surface area (Å²) in [4.78, 5) is 2.43. The summed E-state index contributed by atoms with van der Waals surface area (Å²) in [5, 5.41) is 7.03. The lowest BCUT2D eigenvalue weighted by molar-refractivity contribution is 0.673. The van der Waals surface area contributed by atoms with E-state index >= 15 is 0 Å². The van der Waals surface area contributed by atoms with E-state index in [4.69, 9.17) is 4.42 Å². The van der Waals surface area contributed by atoms with Crippen LogP contribution in [0.5, 0.6) is 0 Å². The fourth-order valence-corrected chi connectivity index (χ4v) is 10.8. The van der Waals surface area contributed by atoms with Crippen LogP contribution in [0.4, 0.5) is 17.1 Å². The van der Waals surface area contributed by atoms with Gasteiger partial charge < -0.3 is 9.32 Å². The predicted molar refractivity (Wildman–Crippen MR) is 272 cm³/mol. The molecule has 13 rings (SSSR count). The highest BCUT2D eigenvalue weighted by atomic mass is 16.3. The van der Waals surface area contributed by atoms with Crippen LogP contribution >= 0.6 is 0 Å². The van der Waals surface area contributed by atoms with Crippen LogP contribution in [0, 0.1) is 0 Å². The van der Waals surface area contributed by atoms with Crippen LogP contribution in [0.1, 0.15) is 22.3 Å². The summed E-state index contributed by atoms with van der Waals surface area (Å²) >= 11 is 0. The highest BCUT2D eigenvalue weighted by Gasteiger charge is 2.46. The van der Waals surface area contributed by atoms with Gasteiger partial charge >= 0.3 is 0 Å². The molecule has 1 aliphatic carbocycles. The van der Waals surface area contributed by atoms with Gasteiger partial charge in [-0.15, -0.1) is 0 Å². The first-order valence-electron chi connectivity index (χ1n) is 22.4. The largest absolute Gasteiger partial charge is 0.455 e. The van der Waals surface area contributed by atoms with Crippen molar-refractivity contribution in [2.45, 2.75) is 5.41 Å². The molecule has 0 atom stereocenters. The van der Waals surface area contributed by atoms with Crippen molar-refractivity contribution in [2.24, 2.45) is 0 Å². The van der Waals surface area contributed by atoms with Crippen molar-refractivity contribution in [2.75, 3.05) is 4.90 Å². The van der Waals surface area contributed by atoms with E-state index < -0.39 is 5.41 Å². The van der Waals surface area contributed by atoms with Gasteiger partial charge in [-0.25, -0.2) is 0 Å². The molecule has 2 heteroatoms. The van der Waals surface area contributed by atoms with Crippen LogP contribution in [0.3, 0.4) is 0 Å². The topological polar surface area (TPSA) is 16.4 Å². The molecule has 0 unspecified atom stereocenters. The monoisotopic (exact) mass is 827 g/mol. The Morgan fingerprint density at radius 2 is 0.938 bits per heavy atom. The molecule has 0 saturated carbocycles. The van der Waals surface area contributed by atoms with Gasteiger partial charge in [0, 0.05) is 33.2 Å². The number of benzene rings is 11. The Morgan fingerprint density at radius 3 is 1.75 bits per heavy atom. The molecule has 0 N–H and O–H groups in total. The Morgan fingerprint density at radius 1 is 0.323 bits per heavy atom. The third-order valence-electron chi connectivity index (χ3n) is 13.7. The lowest BCUT2D eigenvalue weighted by atomic mass is 9.67. The molecule has 0 radical (unpaired) electrons. The molecule has 12 aromatic rings. The minimum absolute atomic E-state index is 0.528. The number of anilines is 3. The quantitative estimate of drug-likeness (QED) is 0.159. The third kappa shape index (κ3) is 5.81. The van der Waals surface area contributed by atoms with Crippen molar-refractivity contribution in [1.29, 1.82) is 0 Å². The SMILES string of the molecule is c1ccc(C2(c3ccccc3)c3ccccc3-c3ccc(N(c4ccc(-c5ccc6ccccc6c5)cc4)c4cccc(-c5cccc6oc7c8ccccc8ccc7c56)c4)cc32)cc1. The van der Waals surface area contributed by atoms with Crippen LogP contribution in [-0.4, -0.2) is 0 Å². The highest BCUT2D eigenvalue weighted by molar-refractivity contribution is 6.19. The van der Waals surface area contributed by atoms with Crippen molar-refractivity contribution in [3.63, 3.8) is 0 Å². The third-order valence-corrected chi connectivity index (χ3v) is 13.7. The standard InChI is InChI=1S/C63H41NO/c1-3-19-48(20-4-1)63(49-21-5-2-6-22-49)58-27-12-11-25-55(58)56-38-36-52(41-59(56)63)64(50-34-31-43(32-35-50)46-30-29-42-15-7-8-17-45(42)39-46)51-23-13-18-47(40-51)53-26-14-28-60-61(53)57-37-33-44-16-9-10-24-54(44)62(57)65-60/h1-41H. The first kappa shape index (κ1) is 37.1. The van der Waals surface area contributed by atoms with Crippen molar-refractivity contribution in [3.8, 4) is 33.4 Å². The second kappa shape index (κ2) is 14.8. The summed E-state index contributed by atoms with van der Waals surface area (Å²) in [6.07, 6.45) is 0. The van der Waals surface area contributed by atoms with Crippen LogP contribution in [0.15, 0.2) is 253 Å². The van der Waals surface area contributed by atoms with Gasteiger partial charge in [0.25, 0.3) is 0 Å². The van der Waals surface area contributed by atoms with Crippen LogP contribution in [-0.2, 0) is 5.41 Å². The molecule has 304 valence electrons. The maximum absolute atomic E-state index is 6.67. The maximum atomic E-state index is 6.67. The molecule has 0 saturated heterocycles. The zero-order valence-corrected chi connectivity index (χ0v) is 35.5. The first-order valence-corrected chi connectivity index (χ1v) is 22.4. The minimum Gasteiger partial charge on any atom is -0.455 e. The molecule has 0 amide bonds. The Hall–Kier alpha value is -8.46. The molecule has 65 heavy (non-hydrogen) atoms. The van der Waals surface area contributed by atoms with Crippen LogP contribution in [0.2, 0.25) is 0 Å². The van der Waals surface area contributed by atoms with E-state index in [1.165, 1.54) is 60.7 Å². The number of hydrogen-bond donors (Lipinski definition) is 0. The van der Waals surface area contributed by atoms with E-state index in [2.05, 4.69) is 254 Å². The lowest BCUT2D eigenvalue weighted by Gasteiger charge is -2.35. The van der Waals surface area contributed by atoms with Gasteiger partial charge in [0.05, 0.1) is 5.41 Å². The second-order valence-corrected chi connectivity index (χ2v) is 17.2. The van der Waals surface area contributed by atoms with E-state index in [0.717, 1.165) is 55.5 Å². The van der Waals surface area contributed by atoms with Gasteiger partial charge in [0.15, 0.2) is 0 Å². The smallest absolute Gasteiger partial charge is 0.143 e. The lowest BCUT2D eigenvalue weighted by Crippen LogP contribution is -2.28. The van der Waals surface area contributed by atoms with Crippen molar-refractivity contribution < 1.29 is 4.42 Å². The van der Waals surface area contributed by atoms with E-state index in [-0.39, 0.29) is 0 Å². The molecule has 0 bridgehead atoms. The normalized spacial score (nSPS) is 12.7. The maximum Gasteiger partial charge on any atom is 0.143 e. The summed E-state index contributed by atoms with van der Waals surface area (Å²) in [7, 11) is 0. The van der Waals surface area contributed by atoms with Crippen LogP contribution < -0.4 is 4.90 Å². The highest BCUT2D eigenvalue weighted by Crippen LogP contribution is 2.57. The van der Waals surface area contributed by atoms with Gasteiger partial charge in [0.2, 0.25) is 0 Å². The minimum atomic E-state index is -0.528. The predicted octanol–water partition coefficient (Wildman–Crippen LogP) is 17.1. The number of rotatable bonds is 7. The van der Waals surface area contributed by atoms with Gasteiger partial charge in [-0.1, -0.05) is 194 Å². The second-order valence-electron chi connectivity index (χ2n) is 17.2. The summed E-state index contributed by atoms with van der Waals surface area (Å²) in [5.74, 6) is 0. The summed E-state index contributed by atoms with van der Waals surface area (Å²) in [5.41, 5.74) is 16.7. The number of nitrogens with zero attached hydrogens (tertiary/aromatic N) is 1. The van der Waals surface area contributed by atoms with Crippen molar-refractivity contribution in [3.05, 3.63) is 271 Å². The average molecular weight is 828 g/mol. The molecule has 0 spiro atoms. The summed E-state index contributed by atoms with van der Waals surface area (Å²) in [6.45, 7) is 0. The van der Waals surface area contributed by atoms with Crippen molar-refractivity contribution in [1.82, 2.24) is 0 Å². The number of furan rings is 1.